The number of aliphatic imine (C=N–C) groups is 2. The van der Waals surface area contributed by atoms with Crippen molar-refractivity contribution >= 4 is 17.4 Å². The third-order valence-corrected chi connectivity index (χ3v) is 7.76. The Morgan fingerprint density at radius 1 is 0.939 bits per heavy atom. The van der Waals surface area contributed by atoms with Crippen LogP contribution in [0.1, 0.15) is 31.7 Å². The van der Waals surface area contributed by atoms with Gasteiger partial charge < -0.3 is 19.4 Å². The molecular weight excluding hydrogens is 412 g/mol. The summed E-state index contributed by atoms with van der Waals surface area (Å²) in [7, 11) is 2.20. The van der Waals surface area contributed by atoms with E-state index in [0.717, 1.165) is 89.9 Å². The summed E-state index contributed by atoms with van der Waals surface area (Å²) >= 11 is 0. The predicted octanol–water partition coefficient (Wildman–Crippen LogP) is 2.42. The van der Waals surface area contributed by atoms with Crippen molar-refractivity contribution in [2.75, 3.05) is 84.1 Å². The maximum Gasteiger partial charge on any atom is 0.156 e. The zero-order valence-corrected chi connectivity index (χ0v) is 20.5. The third-order valence-electron chi connectivity index (χ3n) is 7.76. The van der Waals surface area contributed by atoms with Crippen molar-refractivity contribution in [2.24, 2.45) is 15.9 Å². The van der Waals surface area contributed by atoms with Crippen molar-refractivity contribution in [2.45, 2.75) is 32.2 Å². The minimum absolute atomic E-state index is 0.356. The Morgan fingerprint density at radius 2 is 1.70 bits per heavy atom. The highest BCUT2D eigenvalue weighted by atomic mass is 16.5. The van der Waals surface area contributed by atoms with E-state index in [4.69, 9.17) is 14.7 Å². The second-order valence-electron chi connectivity index (χ2n) is 9.93. The van der Waals surface area contributed by atoms with Gasteiger partial charge in [0.1, 0.15) is 5.84 Å². The molecule has 0 radical (unpaired) electrons. The highest BCUT2D eigenvalue weighted by molar-refractivity contribution is 6.09. The van der Waals surface area contributed by atoms with E-state index in [2.05, 4.69) is 57.8 Å². The van der Waals surface area contributed by atoms with E-state index in [-0.39, 0.29) is 0 Å². The third kappa shape index (κ3) is 5.26. The van der Waals surface area contributed by atoms with Crippen LogP contribution in [0.2, 0.25) is 0 Å². The van der Waals surface area contributed by atoms with Gasteiger partial charge in [-0.15, -0.1) is 0 Å². The summed E-state index contributed by atoms with van der Waals surface area (Å²) in [6.45, 7) is 14.0. The average Bonchev–Trinajstić information content (AvgIpc) is 3.28. The molecule has 0 spiro atoms. The smallest absolute Gasteiger partial charge is 0.156 e. The van der Waals surface area contributed by atoms with Crippen LogP contribution >= 0.6 is 0 Å². The zero-order chi connectivity index (χ0) is 22.6. The lowest BCUT2D eigenvalue weighted by atomic mass is 9.94. The highest BCUT2D eigenvalue weighted by Crippen LogP contribution is 2.31. The topological polar surface area (TPSA) is 46.9 Å². The molecule has 1 aromatic carbocycles. The summed E-state index contributed by atoms with van der Waals surface area (Å²) in [6.07, 6.45) is 3.46. The number of nitrogens with zero attached hydrogens (tertiary/aromatic N) is 6. The number of hydrogen-bond acceptors (Lipinski definition) is 7. The molecule has 4 aliphatic heterocycles. The molecule has 1 aromatic rings. The highest BCUT2D eigenvalue weighted by Gasteiger charge is 2.37. The summed E-state index contributed by atoms with van der Waals surface area (Å²) in [5, 5.41) is 0. The summed E-state index contributed by atoms with van der Waals surface area (Å²) in [5.74, 6) is 2.71. The Kier molecular flexibility index (Phi) is 7.28. The van der Waals surface area contributed by atoms with Gasteiger partial charge in [0, 0.05) is 76.1 Å². The average molecular weight is 453 g/mol. The minimum atomic E-state index is 0.356. The van der Waals surface area contributed by atoms with Gasteiger partial charge in [-0.3, -0.25) is 9.89 Å². The van der Waals surface area contributed by atoms with Gasteiger partial charge >= 0.3 is 0 Å². The number of ether oxygens (including phenoxy) is 1. The molecule has 33 heavy (non-hydrogen) atoms. The number of likely N-dealkylation sites (N-methyl/N-ethyl adjacent to an activating group) is 1. The van der Waals surface area contributed by atoms with Crippen molar-refractivity contribution in [1.29, 1.82) is 0 Å². The van der Waals surface area contributed by atoms with Crippen LogP contribution in [-0.2, 0) is 4.74 Å². The Labute approximate surface area is 199 Å². The van der Waals surface area contributed by atoms with E-state index in [0.29, 0.717) is 12.0 Å². The number of morpholine rings is 1. The first kappa shape index (κ1) is 22.8. The molecule has 0 aromatic heterocycles. The van der Waals surface area contributed by atoms with Gasteiger partial charge in [0.2, 0.25) is 0 Å². The van der Waals surface area contributed by atoms with Crippen LogP contribution in [-0.4, -0.2) is 112 Å². The first-order valence-electron chi connectivity index (χ1n) is 13.0. The number of piperazine rings is 1. The number of likely N-dealkylation sites (tertiary alicyclic amines) is 1. The number of benzene rings is 1. The molecule has 1 unspecified atom stereocenters. The van der Waals surface area contributed by atoms with E-state index in [9.17, 15) is 0 Å². The lowest BCUT2D eigenvalue weighted by Gasteiger charge is -2.34. The lowest BCUT2D eigenvalue weighted by Crippen LogP contribution is -2.44. The van der Waals surface area contributed by atoms with Gasteiger partial charge in [0.05, 0.1) is 19.3 Å². The van der Waals surface area contributed by atoms with Crippen LogP contribution in [0.4, 0.5) is 5.69 Å². The van der Waals surface area contributed by atoms with Crippen LogP contribution in [0, 0.1) is 5.92 Å². The molecule has 180 valence electrons. The van der Waals surface area contributed by atoms with Crippen molar-refractivity contribution < 1.29 is 4.74 Å². The van der Waals surface area contributed by atoms with Crippen LogP contribution in [0.5, 0.6) is 0 Å². The number of amidine groups is 2. The second kappa shape index (κ2) is 10.5. The minimum Gasteiger partial charge on any atom is -0.379 e. The molecule has 3 saturated heterocycles. The molecule has 5 rings (SSSR count). The van der Waals surface area contributed by atoms with Crippen LogP contribution in [0.3, 0.4) is 0 Å². The number of anilines is 1. The normalized spacial score (nSPS) is 26.8. The summed E-state index contributed by atoms with van der Waals surface area (Å²) in [4.78, 5) is 20.2. The van der Waals surface area contributed by atoms with Gasteiger partial charge in [-0.25, -0.2) is 4.99 Å². The fourth-order valence-corrected chi connectivity index (χ4v) is 5.61. The number of fused-ring (bicyclic) bond motifs is 1. The van der Waals surface area contributed by atoms with Gasteiger partial charge in [-0.1, -0.05) is 6.92 Å². The van der Waals surface area contributed by atoms with Crippen molar-refractivity contribution in [1.82, 2.24) is 14.7 Å². The monoisotopic (exact) mass is 452 g/mol. The van der Waals surface area contributed by atoms with Crippen molar-refractivity contribution in [3.63, 3.8) is 0 Å². The van der Waals surface area contributed by atoms with Gasteiger partial charge in [-0.05, 0) is 50.6 Å². The SMILES string of the molecule is CCC1N=C(c2ccc(N3CCN(C)CC3)cc2)N=C2[C@@H]1CCN2CCCN1CCOCC1. The molecule has 2 atom stereocenters. The van der Waals surface area contributed by atoms with Gasteiger partial charge in [0.25, 0.3) is 0 Å². The van der Waals surface area contributed by atoms with E-state index in [1.54, 1.807) is 0 Å². The number of hydrogen-bond donors (Lipinski definition) is 0. The fourth-order valence-electron chi connectivity index (χ4n) is 5.61. The molecule has 3 fully saturated rings. The largest absolute Gasteiger partial charge is 0.379 e. The molecule has 4 heterocycles. The van der Waals surface area contributed by atoms with Crippen molar-refractivity contribution in [3.05, 3.63) is 29.8 Å². The molecule has 0 N–H and O–H groups in total. The maximum atomic E-state index is 5.49. The molecule has 7 heteroatoms. The van der Waals surface area contributed by atoms with Crippen LogP contribution in [0.15, 0.2) is 34.3 Å². The Balaban J connectivity index is 1.25. The lowest BCUT2D eigenvalue weighted by molar-refractivity contribution is 0.0368. The molecule has 0 saturated carbocycles. The Morgan fingerprint density at radius 3 is 2.42 bits per heavy atom. The summed E-state index contributed by atoms with van der Waals surface area (Å²) in [5.41, 5.74) is 2.46. The van der Waals surface area contributed by atoms with E-state index in [1.807, 2.05) is 0 Å². The van der Waals surface area contributed by atoms with Crippen LogP contribution in [0.25, 0.3) is 0 Å². The predicted molar refractivity (Wildman–Crippen MR) is 136 cm³/mol. The standard InChI is InChI=1S/C26H40N6O/c1-3-24-23-9-12-32(11-4-10-30-17-19-33-20-18-30)26(23)28-25(27-24)21-5-7-22(8-6-21)31-15-13-29(2)14-16-31/h5-8,23-24H,3-4,9-20H2,1-2H3/t23-,24?/m1/s1. The first-order valence-corrected chi connectivity index (χ1v) is 13.0. The Bertz CT molecular complexity index is 839. The number of rotatable bonds is 7. The fraction of sp³-hybridized carbons (Fsp3) is 0.692. The quantitative estimate of drug-likeness (QED) is 0.636. The van der Waals surface area contributed by atoms with Gasteiger partial charge in [0.15, 0.2) is 5.84 Å². The van der Waals surface area contributed by atoms with E-state index >= 15 is 0 Å². The molecule has 4 aliphatic rings. The van der Waals surface area contributed by atoms with Gasteiger partial charge in [-0.2, -0.15) is 0 Å². The van der Waals surface area contributed by atoms with E-state index < -0.39 is 0 Å². The molecule has 0 amide bonds. The van der Waals surface area contributed by atoms with E-state index in [1.165, 1.54) is 24.4 Å². The first-order chi connectivity index (χ1) is 16.2. The second-order valence-corrected chi connectivity index (χ2v) is 9.93. The summed E-state index contributed by atoms with van der Waals surface area (Å²) < 4.78 is 5.49. The van der Waals surface area contributed by atoms with Crippen molar-refractivity contribution in [3.8, 4) is 0 Å². The molecule has 7 nitrogen and oxygen atoms in total. The Hall–Kier alpha value is -1.96. The molecule has 0 bridgehead atoms. The molecule has 0 aliphatic carbocycles. The van der Waals surface area contributed by atoms with Crippen LogP contribution < -0.4 is 4.90 Å². The zero-order valence-electron chi connectivity index (χ0n) is 20.5. The summed E-state index contributed by atoms with van der Waals surface area (Å²) in [6, 6.07) is 9.31. The maximum absolute atomic E-state index is 5.49. The molecular formula is C26H40N6O.